The molecule has 136 valence electrons. The lowest BCUT2D eigenvalue weighted by Gasteiger charge is -2.34. The minimum absolute atomic E-state index is 0.0961. The number of rotatable bonds is 5. The number of hydrogen-bond donors (Lipinski definition) is 0. The van der Waals surface area contributed by atoms with Crippen molar-refractivity contribution >= 4 is 5.69 Å². The van der Waals surface area contributed by atoms with E-state index in [9.17, 15) is 10.1 Å². The number of benzene rings is 2. The molecule has 5 nitrogen and oxygen atoms in total. The lowest BCUT2D eigenvalue weighted by atomic mass is 10.0. The van der Waals surface area contributed by atoms with Gasteiger partial charge in [-0.2, -0.15) is 0 Å². The van der Waals surface area contributed by atoms with Gasteiger partial charge >= 0.3 is 0 Å². The van der Waals surface area contributed by atoms with E-state index in [1.807, 2.05) is 18.2 Å². The summed E-state index contributed by atoms with van der Waals surface area (Å²) in [4.78, 5) is 13.2. The van der Waals surface area contributed by atoms with Crippen molar-refractivity contribution in [2.75, 3.05) is 6.54 Å². The van der Waals surface area contributed by atoms with Crippen LogP contribution in [-0.4, -0.2) is 22.4 Å². The van der Waals surface area contributed by atoms with Gasteiger partial charge in [-0.15, -0.1) is 0 Å². The second-order valence-corrected chi connectivity index (χ2v) is 7.27. The van der Waals surface area contributed by atoms with E-state index >= 15 is 0 Å². The molecule has 2 heterocycles. The summed E-state index contributed by atoms with van der Waals surface area (Å²) >= 11 is 0. The van der Waals surface area contributed by atoms with Gasteiger partial charge < -0.3 is 4.74 Å². The summed E-state index contributed by atoms with van der Waals surface area (Å²) in [6.07, 6.45) is 6.60. The van der Waals surface area contributed by atoms with Crippen LogP contribution in [0.5, 0.6) is 5.75 Å². The van der Waals surface area contributed by atoms with Crippen LogP contribution in [-0.2, 0) is 6.61 Å². The van der Waals surface area contributed by atoms with E-state index in [4.69, 9.17) is 4.74 Å². The molecule has 0 saturated carbocycles. The van der Waals surface area contributed by atoms with Crippen LogP contribution in [0.15, 0.2) is 48.5 Å². The Morgan fingerprint density at radius 3 is 2.73 bits per heavy atom. The van der Waals surface area contributed by atoms with E-state index in [1.165, 1.54) is 50.3 Å². The average Bonchev–Trinajstić information content (AvgIpc) is 3.11. The molecule has 2 aromatic carbocycles. The molecule has 2 saturated heterocycles. The molecule has 2 aliphatic heterocycles. The fraction of sp³-hybridized carbons (Fsp3) is 0.429. The fourth-order valence-electron chi connectivity index (χ4n) is 4.33. The predicted molar refractivity (Wildman–Crippen MR) is 100 cm³/mol. The van der Waals surface area contributed by atoms with Gasteiger partial charge in [-0.3, -0.25) is 15.0 Å². The highest BCUT2D eigenvalue weighted by atomic mass is 16.6. The summed E-state index contributed by atoms with van der Waals surface area (Å²) in [5.41, 5.74) is 2.27. The zero-order valence-corrected chi connectivity index (χ0v) is 14.8. The van der Waals surface area contributed by atoms with Crippen molar-refractivity contribution in [3.63, 3.8) is 0 Å². The number of hydrogen-bond acceptors (Lipinski definition) is 4. The molecule has 0 unspecified atom stereocenters. The number of nitro groups is 1. The fourth-order valence-corrected chi connectivity index (χ4v) is 4.33. The summed E-state index contributed by atoms with van der Waals surface area (Å²) < 4.78 is 5.81. The van der Waals surface area contributed by atoms with Crippen LogP contribution in [0.1, 0.15) is 49.3 Å². The second kappa shape index (κ2) is 7.46. The molecule has 2 atom stereocenters. The summed E-state index contributed by atoms with van der Waals surface area (Å²) in [5, 5.41) is 10.9. The third-order valence-electron chi connectivity index (χ3n) is 5.64. The van der Waals surface area contributed by atoms with E-state index in [0.717, 1.165) is 17.4 Å². The number of non-ortho nitro benzene ring substituents is 1. The van der Waals surface area contributed by atoms with Gasteiger partial charge in [0.2, 0.25) is 0 Å². The number of nitro benzene ring substituents is 1. The Bertz CT molecular complexity index is 775. The largest absolute Gasteiger partial charge is 0.489 e. The van der Waals surface area contributed by atoms with Crippen LogP contribution in [0.25, 0.3) is 0 Å². The van der Waals surface area contributed by atoms with Crippen LogP contribution < -0.4 is 4.74 Å². The third-order valence-corrected chi connectivity index (χ3v) is 5.64. The van der Waals surface area contributed by atoms with Crippen LogP contribution >= 0.6 is 0 Å². The van der Waals surface area contributed by atoms with Gasteiger partial charge in [-0.1, -0.05) is 30.7 Å². The molecule has 0 amide bonds. The van der Waals surface area contributed by atoms with Crippen molar-refractivity contribution in [3.8, 4) is 5.75 Å². The van der Waals surface area contributed by atoms with Gasteiger partial charge in [0.05, 0.1) is 4.92 Å². The summed E-state index contributed by atoms with van der Waals surface area (Å²) in [7, 11) is 0. The maximum absolute atomic E-state index is 10.9. The van der Waals surface area contributed by atoms with Crippen LogP contribution in [0.2, 0.25) is 0 Å². The highest BCUT2D eigenvalue weighted by Crippen LogP contribution is 2.40. The SMILES string of the molecule is O=[N+]([O-])c1cccc(COc2ccc([C@@H]3CC[C@@H]4CCCCN43)cc2)c1. The Labute approximate surface area is 153 Å². The summed E-state index contributed by atoms with van der Waals surface area (Å²) in [6.45, 7) is 1.55. The van der Waals surface area contributed by atoms with Crippen molar-refractivity contribution in [1.29, 1.82) is 0 Å². The Kier molecular flexibility index (Phi) is 4.89. The molecule has 2 aromatic rings. The molecule has 0 spiro atoms. The normalized spacial score (nSPS) is 22.8. The molecule has 5 heteroatoms. The molecule has 0 bridgehead atoms. The number of fused-ring (bicyclic) bond motifs is 1. The Hall–Kier alpha value is -2.40. The minimum atomic E-state index is -0.381. The second-order valence-electron chi connectivity index (χ2n) is 7.27. The minimum Gasteiger partial charge on any atom is -0.489 e. The van der Waals surface area contributed by atoms with Gasteiger partial charge in [-0.25, -0.2) is 0 Å². The molecular formula is C21H24N2O3. The standard InChI is InChI=1S/C21H24N2O3/c24-23(25)19-6-3-4-16(14-19)15-26-20-10-7-17(8-11-20)21-12-9-18-5-1-2-13-22(18)21/h3-4,6-8,10-11,14,18,21H,1-2,5,9,12-13,15H2/t18-,21-/m0/s1. The lowest BCUT2D eigenvalue weighted by molar-refractivity contribution is -0.384. The van der Waals surface area contributed by atoms with Crippen molar-refractivity contribution in [1.82, 2.24) is 4.90 Å². The van der Waals surface area contributed by atoms with Gasteiger partial charge in [0.15, 0.2) is 0 Å². The van der Waals surface area contributed by atoms with E-state index in [1.54, 1.807) is 12.1 Å². The molecule has 0 aliphatic carbocycles. The first-order valence-corrected chi connectivity index (χ1v) is 9.42. The van der Waals surface area contributed by atoms with Crippen molar-refractivity contribution in [3.05, 3.63) is 69.8 Å². The van der Waals surface area contributed by atoms with Gasteiger partial charge in [0.25, 0.3) is 5.69 Å². The first kappa shape index (κ1) is 17.0. The van der Waals surface area contributed by atoms with E-state index in [2.05, 4.69) is 17.0 Å². The molecule has 0 radical (unpaired) electrons. The lowest BCUT2D eigenvalue weighted by Crippen LogP contribution is -2.35. The first-order chi connectivity index (χ1) is 12.7. The quantitative estimate of drug-likeness (QED) is 0.569. The maximum atomic E-state index is 10.9. The Balaban J connectivity index is 1.39. The molecule has 0 N–H and O–H groups in total. The summed E-state index contributed by atoms with van der Waals surface area (Å²) in [5.74, 6) is 0.799. The van der Waals surface area contributed by atoms with Gasteiger partial charge in [-0.05, 0) is 55.5 Å². The maximum Gasteiger partial charge on any atom is 0.269 e. The van der Waals surface area contributed by atoms with Crippen LogP contribution in [0, 0.1) is 10.1 Å². The number of piperidine rings is 1. The molecule has 2 aliphatic rings. The molecule has 2 fully saturated rings. The molecular weight excluding hydrogens is 328 g/mol. The van der Waals surface area contributed by atoms with Crippen LogP contribution in [0.3, 0.4) is 0 Å². The molecule has 0 aromatic heterocycles. The predicted octanol–water partition coefficient (Wildman–Crippen LogP) is 4.86. The van der Waals surface area contributed by atoms with Crippen molar-refractivity contribution in [2.24, 2.45) is 0 Å². The number of ether oxygens (including phenoxy) is 1. The first-order valence-electron chi connectivity index (χ1n) is 9.42. The van der Waals surface area contributed by atoms with E-state index < -0.39 is 0 Å². The van der Waals surface area contributed by atoms with E-state index in [0.29, 0.717) is 12.6 Å². The van der Waals surface area contributed by atoms with E-state index in [-0.39, 0.29) is 10.6 Å². The zero-order valence-electron chi connectivity index (χ0n) is 14.8. The Morgan fingerprint density at radius 1 is 1.08 bits per heavy atom. The summed E-state index contributed by atoms with van der Waals surface area (Å²) in [6, 6.07) is 16.3. The average molecular weight is 352 g/mol. The topological polar surface area (TPSA) is 55.6 Å². The highest BCUT2D eigenvalue weighted by Gasteiger charge is 2.35. The van der Waals surface area contributed by atoms with Crippen molar-refractivity contribution in [2.45, 2.75) is 50.8 Å². The highest BCUT2D eigenvalue weighted by molar-refractivity contribution is 5.35. The number of nitrogens with zero attached hydrogens (tertiary/aromatic N) is 2. The Morgan fingerprint density at radius 2 is 1.92 bits per heavy atom. The third kappa shape index (κ3) is 3.58. The molecule has 4 rings (SSSR count). The molecule has 26 heavy (non-hydrogen) atoms. The van der Waals surface area contributed by atoms with Crippen molar-refractivity contribution < 1.29 is 9.66 Å². The van der Waals surface area contributed by atoms with Gasteiger partial charge in [0.1, 0.15) is 12.4 Å². The zero-order chi connectivity index (χ0) is 17.9. The monoisotopic (exact) mass is 352 g/mol. The van der Waals surface area contributed by atoms with Gasteiger partial charge in [0, 0.05) is 24.2 Å². The smallest absolute Gasteiger partial charge is 0.269 e. The van der Waals surface area contributed by atoms with Crippen LogP contribution in [0.4, 0.5) is 5.69 Å².